The molecule has 3 aliphatic rings. The molecule has 3 atom stereocenters. The monoisotopic (exact) mass is 471 g/mol. The van der Waals surface area contributed by atoms with Crippen molar-refractivity contribution in [2.75, 3.05) is 18.0 Å². The van der Waals surface area contributed by atoms with Gasteiger partial charge in [-0.25, -0.2) is 4.98 Å². The third kappa shape index (κ3) is 3.88. The van der Waals surface area contributed by atoms with Crippen LogP contribution in [0, 0.1) is 0 Å². The number of ether oxygens (including phenoxy) is 1. The van der Waals surface area contributed by atoms with Gasteiger partial charge < -0.3 is 19.5 Å². The molecule has 1 amide bonds. The number of anilines is 2. The molecule has 2 aromatic carbocycles. The molecular formula is C28H33N5O2. The maximum Gasteiger partial charge on any atom is 0.253 e. The summed E-state index contributed by atoms with van der Waals surface area (Å²) >= 11 is 0. The second-order valence-corrected chi connectivity index (χ2v) is 9.82. The minimum absolute atomic E-state index is 0.0519. The second kappa shape index (κ2) is 9.04. The number of nitrogens with one attached hydrogen (secondary N) is 1. The van der Waals surface area contributed by atoms with Crippen LogP contribution in [0.1, 0.15) is 55.7 Å². The van der Waals surface area contributed by atoms with Gasteiger partial charge in [0.1, 0.15) is 5.82 Å². The van der Waals surface area contributed by atoms with Crippen LogP contribution < -0.4 is 9.64 Å². The zero-order chi connectivity index (χ0) is 23.9. The SMILES string of the molecule is CCN(CC)C(=O)c1ccc2c(c1)Oc1ccccc1N2C1C[C@H]2CC[C@@H](C1)N2Cc1ncc[nH]1. The maximum absolute atomic E-state index is 13.0. The number of imidazole rings is 1. The van der Waals surface area contributed by atoms with E-state index in [0.717, 1.165) is 48.1 Å². The van der Waals surface area contributed by atoms with E-state index in [1.165, 1.54) is 12.8 Å². The normalized spacial score (nSPS) is 22.9. The average molecular weight is 472 g/mol. The number of H-pyrrole nitrogens is 1. The van der Waals surface area contributed by atoms with Crippen LogP contribution in [0.4, 0.5) is 11.4 Å². The van der Waals surface area contributed by atoms with Crippen molar-refractivity contribution in [3.63, 3.8) is 0 Å². The molecular weight excluding hydrogens is 438 g/mol. The molecule has 0 radical (unpaired) electrons. The van der Waals surface area contributed by atoms with Crippen LogP contribution in [-0.4, -0.2) is 56.9 Å². The first kappa shape index (κ1) is 22.2. The Morgan fingerprint density at radius 3 is 2.49 bits per heavy atom. The Hall–Kier alpha value is -3.32. The molecule has 7 heteroatoms. The number of nitrogens with zero attached hydrogens (tertiary/aromatic N) is 4. The molecule has 2 saturated heterocycles. The van der Waals surface area contributed by atoms with Crippen LogP contribution in [0.3, 0.4) is 0 Å². The van der Waals surface area contributed by atoms with Gasteiger partial charge in [-0.1, -0.05) is 12.1 Å². The number of amides is 1. The highest BCUT2D eigenvalue weighted by Crippen LogP contribution is 2.51. The Morgan fingerprint density at radius 1 is 1.03 bits per heavy atom. The molecule has 2 fully saturated rings. The lowest BCUT2D eigenvalue weighted by Crippen LogP contribution is -2.49. The summed E-state index contributed by atoms with van der Waals surface area (Å²) in [5, 5.41) is 0. The molecule has 4 heterocycles. The zero-order valence-electron chi connectivity index (χ0n) is 20.5. The number of fused-ring (bicyclic) bond motifs is 4. The fourth-order valence-corrected chi connectivity index (χ4v) is 6.28. The fourth-order valence-electron chi connectivity index (χ4n) is 6.28. The summed E-state index contributed by atoms with van der Waals surface area (Å²) < 4.78 is 6.36. The summed E-state index contributed by atoms with van der Waals surface area (Å²) in [7, 11) is 0. The highest BCUT2D eigenvalue weighted by atomic mass is 16.5. The van der Waals surface area contributed by atoms with Gasteiger partial charge in [0.05, 0.1) is 17.9 Å². The van der Waals surface area contributed by atoms with Crippen LogP contribution in [0.5, 0.6) is 11.5 Å². The Kier molecular flexibility index (Phi) is 5.72. The second-order valence-electron chi connectivity index (χ2n) is 9.82. The van der Waals surface area contributed by atoms with Crippen LogP contribution in [-0.2, 0) is 6.54 Å². The standard InChI is InChI=1S/C28H33N5O2/c1-3-31(4-2)28(34)19-9-12-24-26(15-19)35-25-8-6-5-7-23(25)33(24)22-16-20-10-11-21(17-22)32(20)18-27-29-13-14-30-27/h5-9,12-15,20-22H,3-4,10-11,16-18H2,1-2H3,(H,29,30)/t20-,21+,22?. The van der Waals surface area contributed by atoms with Gasteiger partial charge in [0, 0.05) is 49.2 Å². The minimum Gasteiger partial charge on any atom is -0.453 e. The topological polar surface area (TPSA) is 64.7 Å². The Balaban J connectivity index is 1.32. The molecule has 35 heavy (non-hydrogen) atoms. The first-order valence-electron chi connectivity index (χ1n) is 12.9. The third-order valence-electron chi connectivity index (χ3n) is 7.97. The van der Waals surface area contributed by atoms with Gasteiger partial charge in [-0.2, -0.15) is 0 Å². The maximum atomic E-state index is 13.0. The van der Waals surface area contributed by atoms with Crippen LogP contribution in [0.15, 0.2) is 54.9 Å². The van der Waals surface area contributed by atoms with Crippen molar-refractivity contribution in [2.45, 2.75) is 64.2 Å². The molecule has 0 saturated carbocycles. The van der Waals surface area contributed by atoms with Gasteiger partial charge in [0.25, 0.3) is 5.91 Å². The van der Waals surface area contributed by atoms with Crippen molar-refractivity contribution in [3.8, 4) is 11.5 Å². The number of para-hydroxylation sites is 2. The fraction of sp³-hybridized carbons (Fsp3) is 0.429. The number of piperidine rings is 1. The molecule has 1 aromatic heterocycles. The summed E-state index contributed by atoms with van der Waals surface area (Å²) in [5.74, 6) is 2.73. The number of hydrogen-bond donors (Lipinski definition) is 1. The van der Waals surface area contributed by atoms with E-state index in [1.807, 2.05) is 55.4 Å². The van der Waals surface area contributed by atoms with E-state index < -0.39 is 0 Å². The zero-order valence-corrected chi connectivity index (χ0v) is 20.5. The van der Waals surface area contributed by atoms with Crippen molar-refractivity contribution < 1.29 is 9.53 Å². The minimum atomic E-state index is 0.0519. The van der Waals surface area contributed by atoms with Crippen molar-refractivity contribution in [3.05, 3.63) is 66.2 Å². The van der Waals surface area contributed by atoms with Crippen LogP contribution in [0.2, 0.25) is 0 Å². The van der Waals surface area contributed by atoms with Gasteiger partial charge in [0.2, 0.25) is 0 Å². The van der Waals surface area contributed by atoms with E-state index in [1.54, 1.807) is 0 Å². The average Bonchev–Trinajstić information content (AvgIpc) is 3.47. The lowest BCUT2D eigenvalue weighted by atomic mass is 9.93. The van der Waals surface area contributed by atoms with E-state index in [0.29, 0.717) is 36.8 Å². The Bertz CT molecular complexity index is 1190. The number of aromatic amines is 1. The molecule has 2 bridgehead atoms. The predicted octanol–water partition coefficient (Wildman–Crippen LogP) is 5.33. The lowest BCUT2D eigenvalue weighted by Gasteiger charge is -2.45. The van der Waals surface area contributed by atoms with Crippen LogP contribution in [0.25, 0.3) is 0 Å². The number of aromatic nitrogens is 2. The first-order valence-corrected chi connectivity index (χ1v) is 12.9. The van der Waals surface area contributed by atoms with Crippen molar-refractivity contribution >= 4 is 17.3 Å². The number of hydrogen-bond acceptors (Lipinski definition) is 5. The highest BCUT2D eigenvalue weighted by molar-refractivity contribution is 5.96. The molecule has 0 aliphatic carbocycles. The summed E-state index contributed by atoms with van der Waals surface area (Å²) in [5.41, 5.74) is 2.86. The lowest BCUT2D eigenvalue weighted by molar-refractivity contribution is 0.0772. The smallest absolute Gasteiger partial charge is 0.253 e. The molecule has 3 aromatic rings. The van der Waals surface area contributed by atoms with E-state index in [2.05, 4.69) is 38.0 Å². The van der Waals surface area contributed by atoms with Gasteiger partial charge in [-0.15, -0.1) is 0 Å². The quantitative estimate of drug-likeness (QED) is 0.526. The van der Waals surface area contributed by atoms with Crippen LogP contribution >= 0.6 is 0 Å². The first-order chi connectivity index (χ1) is 17.2. The largest absolute Gasteiger partial charge is 0.453 e. The summed E-state index contributed by atoms with van der Waals surface area (Å²) in [6.45, 7) is 6.31. The summed E-state index contributed by atoms with van der Waals surface area (Å²) in [4.78, 5) is 27.7. The highest BCUT2D eigenvalue weighted by Gasteiger charge is 2.44. The Labute approximate surface area is 206 Å². The molecule has 3 aliphatic heterocycles. The number of benzene rings is 2. The van der Waals surface area contributed by atoms with Gasteiger partial charge in [-0.3, -0.25) is 9.69 Å². The summed E-state index contributed by atoms with van der Waals surface area (Å²) in [6, 6.07) is 15.7. The van der Waals surface area contributed by atoms with E-state index in [9.17, 15) is 4.79 Å². The summed E-state index contributed by atoms with van der Waals surface area (Å²) in [6.07, 6.45) is 8.42. The molecule has 0 spiro atoms. The van der Waals surface area contributed by atoms with Crippen molar-refractivity contribution in [1.82, 2.24) is 19.8 Å². The van der Waals surface area contributed by atoms with Crippen molar-refractivity contribution in [2.24, 2.45) is 0 Å². The molecule has 7 nitrogen and oxygen atoms in total. The molecule has 1 unspecified atom stereocenters. The molecule has 1 N–H and O–H groups in total. The number of carbonyl (C=O) groups is 1. The van der Waals surface area contributed by atoms with Gasteiger partial charge >= 0.3 is 0 Å². The Morgan fingerprint density at radius 2 is 1.77 bits per heavy atom. The van der Waals surface area contributed by atoms with E-state index in [4.69, 9.17) is 4.74 Å². The predicted molar refractivity (Wildman–Crippen MR) is 136 cm³/mol. The number of rotatable bonds is 6. The molecule has 6 rings (SSSR count). The van der Waals surface area contributed by atoms with Crippen molar-refractivity contribution in [1.29, 1.82) is 0 Å². The third-order valence-corrected chi connectivity index (χ3v) is 7.97. The molecule has 182 valence electrons. The number of carbonyl (C=O) groups excluding carboxylic acids is 1. The van der Waals surface area contributed by atoms with Gasteiger partial charge in [-0.05, 0) is 69.9 Å². The van der Waals surface area contributed by atoms with E-state index in [-0.39, 0.29) is 5.91 Å². The van der Waals surface area contributed by atoms with Gasteiger partial charge in [0.15, 0.2) is 11.5 Å². The van der Waals surface area contributed by atoms with E-state index >= 15 is 0 Å².